The van der Waals surface area contributed by atoms with Crippen LogP contribution in [0.25, 0.3) is 0 Å². The van der Waals surface area contributed by atoms with Crippen molar-refractivity contribution in [3.8, 4) is 11.5 Å². The Hall–Kier alpha value is -2.42. The largest absolute Gasteiger partial charge is 0.586 e. The van der Waals surface area contributed by atoms with Gasteiger partial charge in [-0.25, -0.2) is 0 Å². The van der Waals surface area contributed by atoms with Gasteiger partial charge in [-0.1, -0.05) is 0 Å². The van der Waals surface area contributed by atoms with E-state index in [0.717, 1.165) is 0 Å². The summed E-state index contributed by atoms with van der Waals surface area (Å²) in [5.41, 5.74) is 0.295. The lowest BCUT2D eigenvalue weighted by molar-refractivity contribution is -0.286. The van der Waals surface area contributed by atoms with Crippen molar-refractivity contribution in [2.24, 2.45) is 5.92 Å². The van der Waals surface area contributed by atoms with E-state index in [1.54, 1.807) is 4.90 Å². The molecule has 9 heteroatoms. The van der Waals surface area contributed by atoms with E-state index in [1.807, 2.05) is 0 Å². The van der Waals surface area contributed by atoms with Crippen LogP contribution in [0.5, 0.6) is 11.5 Å². The highest BCUT2D eigenvalue weighted by Crippen LogP contribution is 2.42. The minimum absolute atomic E-state index is 0.0361. The molecule has 2 aliphatic rings. The summed E-state index contributed by atoms with van der Waals surface area (Å²) >= 11 is 0. The van der Waals surface area contributed by atoms with Gasteiger partial charge in [-0.15, -0.1) is 8.78 Å². The van der Waals surface area contributed by atoms with Crippen molar-refractivity contribution < 1.29 is 33.0 Å². The molecule has 0 radical (unpaired) electrons. The van der Waals surface area contributed by atoms with Gasteiger partial charge in [0.05, 0.1) is 12.5 Å². The van der Waals surface area contributed by atoms with Crippen molar-refractivity contribution in [3.63, 3.8) is 0 Å². The number of carboxylic acid groups (broad SMARTS) is 1. The van der Waals surface area contributed by atoms with Gasteiger partial charge in [-0.05, 0) is 25.1 Å². The van der Waals surface area contributed by atoms with Gasteiger partial charge < -0.3 is 19.9 Å². The molecule has 0 saturated carbocycles. The number of fused-ring (bicyclic) bond motifs is 1. The fourth-order valence-electron chi connectivity index (χ4n) is 2.61. The Morgan fingerprint density at radius 1 is 1.35 bits per heavy atom. The molecule has 1 unspecified atom stereocenters. The van der Waals surface area contributed by atoms with Gasteiger partial charge in [-0.2, -0.15) is 0 Å². The Morgan fingerprint density at radius 2 is 2.09 bits per heavy atom. The third-order valence-corrected chi connectivity index (χ3v) is 3.67. The summed E-state index contributed by atoms with van der Waals surface area (Å²) in [6, 6.07) is 3.95. The highest BCUT2D eigenvalue weighted by atomic mass is 19.3. The number of benzene rings is 1. The molecule has 0 aromatic heterocycles. The van der Waals surface area contributed by atoms with E-state index in [0.29, 0.717) is 25.2 Å². The first-order valence-electron chi connectivity index (χ1n) is 6.97. The highest BCUT2D eigenvalue weighted by Gasteiger charge is 2.43. The Kier molecular flexibility index (Phi) is 3.80. The number of anilines is 1. The number of alkyl halides is 2. The van der Waals surface area contributed by atoms with Crippen LogP contribution in [-0.4, -0.2) is 47.8 Å². The summed E-state index contributed by atoms with van der Waals surface area (Å²) < 4.78 is 34.4. The van der Waals surface area contributed by atoms with Crippen molar-refractivity contribution in [2.75, 3.05) is 25.0 Å². The quantitative estimate of drug-likeness (QED) is 0.867. The third kappa shape index (κ3) is 3.50. The number of halogens is 2. The first-order chi connectivity index (χ1) is 10.8. The van der Waals surface area contributed by atoms with Crippen LogP contribution < -0.4 is 14.8 Å². The van der Waals surface area contributed by atoms with Crippen molar-refractivity contribution >= 4 is 17.6 Å². The number of nitrogens with zero attached hydrogens (tertiary/aromatic N) is 1. The number of ether oxygens (including phenoxy) is 2. The molecule has 1 aromatic rings. The van der Waals surface area contributed by atoms with E-state index in [4.69, 9.17) is 5.11 Å². The topological polar surface area (TPSA) is 88.1 Å². The second-order valence-corrected chi connectivity index (χ2v) is 5.44. The normalized spacial score (nSPS) is 22.1. The third-order valence-electron chi connectivity index (χ3n) is 3.67. The molecule has 7 nitrogen and oxygen atoms in total. The number of rotatable bonds is 4. The van der Waals surface area contributed by atoms with Crippen molar-refractivity contribution in [1.29, 1.82) is 0 Å². The number of carbonyl (C=O) groups is 2. The van der Waals surface area contributed by atoms with Crippen LogP contribution >= 0.6 is 0 Å². The Balaban J connectivity index is 1.56. The molecule has 0 spiro atoms. The number of carboxylic acids is 1. The number of hydrogen-bond acceptors (Lipinski definition) is 5. The van der Waals surface area contributed by atoms with Gasteiger partial charge in [0.25, 0.3) is 0 Å². The van der Waals surface area contributed by atoms with Gasteiger partial charge in [0.15, 0.2) is 11.5 Å². The maximum Gasteiger partial charge on any atom is 0.586 e. The predicted molar refractivity (Wildman–Crippen MR) is 73.5 cm³/mol. The van der Waals surface area contributed by atoms with Gasteiger partial charge >= 0.3 is 12.3 Å². The molecule has 1 aromatic carbocycles. The zero-order valence-electron chi connectivity index (χ0n) is 11.9. The van der Waals surface area contributed by atoms with Crippen LogP contribution in [0.2, 0.25) is 0 Å². The standard InChI is InChI=1S/C14H14F2N2O5/c15-14(16)22-10-2-1-9(5-11(10)23-14)17-12(19)7-18-4-3-8(6-18)13(20)21/h1-2,5,8H,3-4,6-7H2,(H,17,19)(H,20,21). The molecule has 23 heavy (non-hydrogen) atoms. The second kappa shape index (κ2) is 5.65. The number of amides is 1. The predicted octanol–water partition coefficient (Wildman–Crippen LogP) is 1.35. The van der Waals surface area contributed by atoms with Crippen molar-refractivity contribution in [3.05, 3.63) is 18.2 Å². The number of nitrogens with one attached hydrogen (secondary N) is 1. The average molecular weight is 328 g/mol. The Labute approximate surface area is 129 Å². The smallest absolute Gasteiger partial charge is 0.481 e. The van der Waals surface area contributed by atoms with Crippen LogP contribution in [0.15, 0.2) is 18.2 Å². The zero-order valence-corrected chi connectivity index (χ0v) is 11.9. The van der Waals surface area contributed by atoms with E-state index in [9.17, 15) is 18.4 Å². The molecule has 124 valence electrons. The highest BCUT2D eigenvalue weighted by molar-refractivity contribution is 5.92. The van der Waals surface area contributed by atoms with E-state index >= 15 is 0 Å². The fourth-order valence-corrected chi connectivity index (χ4v) is 2.61. The molecular weight excluding hydrogens is 314 g/mol. The van der Waals surface area contributed by atoms with Crippen LogP contribution in [0.1, 0.15) is 6.42 Å². The lowest BCUT2D eigenvalue weighted by Crippen LogP contribution is -2.32. The first-order valence-corrected chi connectivity index (χ1v) is 6.97. The van der Waals surface area contributed by atoms with Crippen LogP contribution in [0.4, 0.5) is 14.5 Å². The van der Waals surface area contributed by atoms with Gasteiger partial charge in [0.1, 0.15) is 0 Å². The molecule has 1 amide bonds. The van der Waals surface area contributed by atoms with Crippen LogP contribution in [-0.2, 0) is 9.59 Å². The van der Waals surface area contributed by atoms with Crippen molar-refractivity contribution in [2.45, 2.75) is 12.7 Å². The maximum atomic E-state index is 12.9. The van der Waals surface area contributed by atoms with Crippen molar-refractivity contribution in [1.82, 2.24) is 4.90 Å². The maximum absolute atomic E-state index is 12.9. The molecular formula is C14H14F2N2O5. The second-order valence-electron chi connectivity index (χ2n) is 5.44. The first kappa shape index (κ1) is 15.5. The minimum atomic E-state index is -3.70. The summed E-state index contributed by atoms with van der Waals surface area (Å²) in [7, 11) is 0. The summed E-state index contributed by atoms with van der Waals surface area (Å²) in [4.78, 5) is 24.6. The molecule has 2 N–H and O–H groups in total. The number of aliphatic carboxylic acids is 1. The number of carbonyl (C=O) groups excluding carboxylic acids is 1. The summed E-state index contributed by atoms with van der Waals surface area (Å²) in [5, 5.41) is 11.5. The van der Waals surface area contributed by atoms with E-state index < -0.39 is 18.2 Å². The van der Waals surface area contributed by atoms with Gasteiger partial charge in [-0.3, -0.25) is 14.5 Å². The zero-order chi connectivity index (χ0) is 16.6. The minimum Gasteiger partial charge on any atom is -0.481 e. The lowest BCUT2D eigenvalue weighted by atomic mass is 10.1. The average Bonchev–Trinajstić information content (AvgIpc) is 3.00. The molecule has 0 bridgehead atoms. The van der Waals surface area contributed by atoms with E-state index in [1.165, 1.54) is 18.2 Å². The summed E-state index contributed by atoms with van der Waals surface area (Å²) in [6.07, 6.45) is -3.20. The van der Waals surface area contributed by atoms with E-state index in [2.05, 4.69) is 14.8 Å². The van der Waals surface area contributed by atoms with Crippen LogP contribution in [0.3, 0.4) is 0 Å². The molecule has 0 aliphatic carbocycles. The molecule has 1 saturated heterocycles. The fraction of sp³-hybridized carbons (Fsp3) is 0.429. The summed E-state index contributed by atoms with van der Waals surface area (Å²) in [5.74, 6) is -1.95. The molecule has 2 heterocycles. The molecule has 1 fully saturated rings. The lowest BCUT2D eigenvalue weighted by Gasteiger charge is -2.14. The van der Waals surface area contributed by atoms with E-state index in [-0.39, 0.29) is 24.0 Å². The number of likely N-dealkylation sites (tertiary alicyclic amines) is 1. The summed E-state index contributed by atoms with van der Waals surface area (Å²) in [6.45, 7) is 0.877. The Bertz CT molecular complexity index is 652. The molecule has 3 rings (SSSR count). The SMILES string of the molecule is O=C(CN1CCC(C(=O)O)C1)Nc1ccc2c(c1)OC(F)(F)O2. The molecule has 2 aliphatic heterocycles. The van der Waals surface area contributed by atoms with Gasteiger partial charge in [0, 0.05) is 18.3 Å². The van der Waals surface area contributed by atoms with Crippen LogP contribution in [0, 0.1) is 5.92 Å². The Morgan fingerprint density at radius 3 is 2.78 bits per heavy atom. The monoisotopic (exact) mass is 328 g/mol. The number of hydrogen-bond donors (Lipinski definition) is 2. The molecule has 1 atom stereocenters. The van der Waals surface area contributed by atoms with Gasteiger partial charge in [0.2, 0.25) is 5.91 Å².